The molecule has 0 unspecified atom stereocenters. The van der Waals surface area contributed by atoms with E-state index in [2.05, 4.69) is 45.8 Å². The van der Waals surface area contributed by atoms with Gasteiger partial charge in [0.05, 0.1) is 0 Å². The quantitative estimate of drug-likeness (QED) is 0.868. The van der Waals surface area contributed by atoms with Crippen molar-refractivity contribution in [2.45, 2.75) is 13.0 Å². The molecule has 18 heavy (non-hydrogen) atoms. The molecule has 4 nitrogen and oxygen atoms in total. The average Bonchev–Trinajstić information content (AvgIpc) is 2.81. The van der Waals surface area contributed by atoms with Crippen molar-refractivity contribution in [3.8, 4) is 0 Å². The van der Waals surface area contributed by atoms with E-state index in [0.29, 0.717) is 6.54 Å². The van der Waals surface area contributed by atoms with Crippen molar-refractivity contribution in [2.75, 3.05) is 18.5 Å². The van der Waals surface area contributed by atoms with Crippen LogP contribution in [0.1, 0.15) is 11.4 Å². The van der Waals surface area contributed by atoms with Crippen LogP contribution in [0.3, 0.4) is 0 Å². The Morgan fingerprint density at radius 2 is 2.00 bits per heavy atom. The number of aryl methyl sites for hydroxylation is 1. The molecule has 0 atom stereocenters. The summed E-state index contributed by atoms with van der Waals surface area (Å²) < 4.78 is 2.06. The maximum Gasteiger partial charge on any atom is 0.110 e. The fourth-order valence-corrected chi connectivity index (χ4v) is 1.92. The van der Waals surface area contributed by atoms with Crippen molar-refractivity contribution < 1.29 is 0 Å². The maximum absolute atomic E-state index is 5.59. The van der Waals surface area contributed by atoms with E-state index in [-0.39, 0.29) is 0 Å². The smallest absolute Gasteiger partial charge is 0.110 e. The summed E-state index contributed by atoms with van der Waals surface area (Å²) in [6, 6.07) is 8.38. The zero-order valence-electron chi connectivity index (χ0n) is 11.0. The lowest BCUT2D eigenvalue weighted by molar-refractivity contribution is 0.757. The Hall–Kier alpha value is -1.81. The van der Waals surface area contributed by atoms with E-state index in [1.165, 1.54) is 5.69 Å². The van der Waals surface area contributed by atoms with Crippen LogP contribution in [0, 0.1) is 0 Å². The molecule has 0 fully saturated rings. The molecule has 0 radical (unpaired) electrons. The van der Waals surface area contributed by atoms with Gasteiger partial charge in [-0.05, 0) is 17.7 Å². The fourth-order valence-electron chi connectivity index (χ4n) is 1.92. The van der Waals surface area contributed by atoms with Crippen LogP contribution in [0.2, 0.25) is 0 Å². The van der Waals surface area contributed by atoms with Crippen molar-refractivity contribution in [3.05, 3.63) is 48.0 Å². The number of benzene rings is 1. The van der Waals surface area contributed by atoms with Crippen LogP contribution in [0.5, 0.6) is 0 Å². The third-order valence-electron chi connectivity index (χ3n) is 3.20. The van der Waals surface area contributed by atoms with E-state index in [1.807, 2.05) is 19.4 Å². The average molecular weight is 244 g/mol. The predicted molar refractivity (Wildman–Crippen MR) is 74.5 cm³/mol. The molecule has 0 saturated carbocycles. The highest BCUT2D eigenvalue weighted by Crippen LogP contribution is 2.14. The second kappa shape index (κ2) is 5.69. The molecule has 2 aromatic rings. The second-order valence-electron chi connectivity index (χ2n) is 4.50. The highest BCUT2D eigenvalue weighted by atomic mass is 15.1. The van der Waals surface area contributed by atoms with Crippen LogP contribution in [-0.4, -0.2) is 23.1 Å². The zero-order chi connectivity index (χ0) is 13.0. The first kappa shape index (κ1) is 12.6. The molecule has 0 spiro atoms. The van der Waals surface area contributed by atoms with Gasteiger partial charge in [-0.3, -0.25) is 0 Å². The standard InChI is InChI=1S/C14H20N4/c1-17(9-7-14-16-8-10-18(14)2)13-5-3-12(11-15)4-6-13/h3-6,8,10H,7,9,11,15H2,1-2H3. The van der Waals surface area contributed by atoms with Crippen molar-refractivity contribution in [3.63, 3.8) is 0 Å². The summed E-state index contributed by atoms with van der Waals surface area (Å²) in [5, 5.41) is 0. The van der Waals surface area contributed by atoms with E-state index in [1.54, 1.807) is 0 Å². The lowest BCUT2D eigenvalue weighted by atomic mass is 10.2. The van der Waals surface area contributed by atoms with Gasteiger partial charge >= 0.3 is 0 Å². The lowest BCUT2D eigenvalue weighted by Gasteiger charge is -2.19. The molecule has 1 aromatic heterocycles. The molecule has 0 amide bonds. The van der Waals surface area contributed by atoms with Gasteiger partial charge in [0.1, 0.15) is 5.82 Å². The number of aromatic nitrogens is 2. The van der Waals surface area contributed by atoms with Gasteiger partial charge in [0.25, 0.3) is 0 Å². The van der Waals surface area contributed by atoms with Crippen molar-refractivity contribution in [2.24, 2.45) is 12.8 Å². The summed E-state index contributed by atoms with van der Waals surface area (Å²) in [7, 11) is 4.12. The first-order chi connectivity index (χ1) is 8.70. The summed E-state index contributed by atoms with van der Waals surface area (Å²) in [5.41, 5.74) is 7.96. The third-order valence-corrected chi connectivity index (χ3v) is 3.20. The van der Waals surface area contributed by atoms with Gasteiger partial charge in [0, 0.05) is 51.7 Å². The normalized spacial score (nSPS) is 10.6. The van der Waals surface area contributed by atoms with E-state index in [4.69, 9.17) is 5.73 Å². The van der Waals surface area contributed by atoms with Gasteiger partial charge in [0.15, 0.2) is 0 Å². The van der Waals surface area contributed by atoms with Gasteiger partial charge in [-0.25, -0.2) is 4.98 Å². The third kappa shape index (κ3) is 2.90. The molecule has 4 heteroatoms. The van der Waals surface area contributed by atoms with Gasteiger partial charge in [0.2, 0.25) is 0 Å². The van der Waals surface area contributed by atoms with Crippen molar-refractivity contribution >= 4 is 5.69 Å². The van der Waals surface area contributed by atoms with Gasteiger partial charge < -0.3 is 15.2 Å². The Morgan fingerprint density at radius 1 is 1.28 bits per heavy atom. The molecule has 1 aromatic carbocycles. The largest absolute Gasteiger partial charge is 0.374 e. The molecule has 96 valence electrons. The summed E-state index contributed by atoms with van der Waals surface area (Å²) in [6.45, 7) is 1.55. The minimum absolute atomic E-state index is 0.595. The van der Waals surface area contributed by atoms with Crippen LogP contribution in [0.25, 0.3) is 0 Å². The first-order valence-electron chi connectivity index (χ1n) is 6.17. The molecule has 0 saturated heterocycles. The minimum atomic E-state index is 0.595. The molecule has 0 bridgehead atoms. The van der Waals surface area contributed by atoms with E-state index in [0.717, 1.165) is 24.4 Å². The molecule has 2 N–H and O–H groups in total. The molecule has 1 heterocycles. The van der Waals surface area contributed by atoms with Crippen LogP contribution in [-0.2, 0) is 20.0 Å². The number of rotatable bonds is 5. The highest BCUT2D eigenvalue weighted by Gasteiger charge is 2.04. The molecular weight excluding hydrogens is 224 g/mol. The first-order valence-corrected chi connectivity index (χ1v) is 6.17. The van der Waals surface area contributed by atoms with E-state index >= 15 is 0 Å². The molecule has 0 aliphatic heterocycles. The number of nitrogens with zero attached hydrogens (tertiary/aromatic N) is 3. The zero-order valence-corrected chi connectivity index (χ0v) is 11.0. The van der Waals surface area contributed by atoms with Crippen LogP contribution < -0.4 is 10.6 Å². The highest BCUT2D eigenvalue weighted by molar-refractivity contribution is 5.46. The maximum atomic E-state index is 5.59. The summed E-state index contributed by atoms with van der Waals surface area (Å²) >= 11 is 0. The monoisotopic (exact) mass is 244 g/mol. The SMILES string of the molecule is CN(CCc1nccn1C)c1ccc(CN)cc1. The summed E-state index contributed by atoms with van der Waals surface area (Å²) in [6.07, 6.45) is 4.76. The van der Waals surface area contributed by atoms with Crippen molar-refractivity contribution in [1.29, 1.82) is 0 Å². The van der Waals surface area contributed by atoms with Gasteiger partial charge in [-0.2, -0.15) is 0 Å². The summed E-state index contributed by atoms with van der Waals surface area (Å²) in [4.78, 5) is 6.56. The van der Waals surface area contributed by atoms with Gasteiger partial charge in [-0.1, -0.05) is 12.1 Å². The molecular formula is C14H20N4. The predicted octanol–water partition coefficient (Wildman–Crippen LogP) is 1.56. The lowest BCUT2D eigenvalue weighted by Crippen LogP contribution is -2.21. The number of nitrogens with two attached hydrogens (primary N) is 1. The molecule has 0 aliphatic carbocycles. The number of hydrogen-bond donors (Lipinski definition) is 1. The summed E-state index contributed by atoms with van der Waals surface area (Å²) in [5.74, 6) is 1.11. The van der Waals surface area contributed by atoms with E-state index in [9.17, 15) is 0 Å². The topological polar surface area (TPSA) is 47.1 Å². The number of anilines is 1. The number of imidazole rings is 1. The van der Waals surface area contributed by atoms with E-state index < -0.39 is 0 Å². The number of hydrogen-bond acceptors (Lipinski definition) is 3. The Kier molecular flexibility index (Phi) is 3.99. The Morgan fingerprint density at radius 3 is 2.56 bits per heavy atom. The van der Waals surface area contributed by atoms with Crippen LogP contribution >= 0.6 is 0 Å². The molecule has 0 aliphatic rings. The molecule has 2 rings (SSSR count). The van der Waals surface area contributed by atoms with Crippen LogP contribution in [0.4, 0.5) is 5.69 Å². The Bertz CT molecular complexity index is 487. The Labute approximate surface area is 108 Å². The van der Waals surface area contributed by atoms with Gasteiger partial charge in [-0.15, -0.1) is 0 Å². The second-order valence-corrected chi connectivity index (χ2v) is 4.50. The van der Waals surface area contributed by atoms with Crippen molar-refractivity contribution in [1.82, 2.24) is 9.55 Å². The fraction of sp³-hybridized carbons (Fsp3) is 0.357. The Balaban J connectivity index is 1.94. The van der Waals surface area contributed by atoms with Crippen LogP contribution in [0.15, 0.2) is 36.7 Å². The number of likely N-dealkylation sites (N-methyl/N-ethyl adjacent to an activating group) is 1. The minimum Gasteiger partial charge on any atom is -0.374 e.